The Bertz CT molecular complexity index is 1170. The number of carbonyl (C=O) groups is 3. The third-order valence-electron chi connectivity index (χ3n) is 7.98. The molecule has 0 aromatic heterocycles. The van der Waals surface area contributed by atoms with E-state index in [0.717, 1.165) is 42.4 Å². The average molecular weight is 567 g/mol. The van der Waals surface area contributed by atoms with E-state index in [2.05, 4.69) is 16.0 Å². The number of hydrogen-bond donors (Lipinski definition) is 4. The number of hydrogen-bond acceptors (Lipinski definition) is 5. The molecular weight excluding hydrogens is 524 g/mol. The van der Waals surface area contributed by atoms with Crippen molar-refractivity contribution in [1.29, 1.82) is 0 Å². The van der Waals surface area contributed by atoms with Crippen LogP contribution in [0.2, 0.25) is 0 Å². The molecule has 3 atom stereocenters. The van der Waals surface area contributed by atoms with Crippen LogP contribution in [-0.2, 0) is 22.6 Å². The van der Waals surface area contributed by atoms with Crippen LogP contribution in [0.15, 0.2) is 54.6 Å². The first-order valence-corrected chi connectivity index (χ1v) is 15.2. The molecule has 216 valence electrons. The second-order valence-corrected chi connectivity index (χ2v) is 13.0. The number of aryl methyl sites for hydroxylation is 1. The lowest BCUT2D eigenvalue weighted by Crippen LogP contribution is -2.59. The largest absolute Gasteiger partial charge is 0.381 e. The number of thioether (sulfide) groups is 1. The average Bonchev–Trinajstić information content (AvgIpc) is 3.27. The first kappa shape index (κ1) is 29.9. The normalized spacial score (nSPS) is 20.4. The number of urea groups is 1. The van der Waals surface area contributed by atoms with Crippen LogP contribution in [0.5, 0.6) is 0 Å². The standard InChI is InChI=1S/C31H42N4O4S/c1-21-12-10-11-15-23(21)19-32-28(37)27-31(2,3)40-20-35(27)29(38)26(36)25(18-22-13-6-4-7-14-22)34-30(39)33-24-16-8-5-9-17-24/h4,6-7,10-15,24-27,36H,5,8-9,16-20H2,1-3H3,(H,32,37)(H2,33,34,39)/t25-,26-,27+/m0/s1. The summed E-state index contributed by atoms with van der Waals surface area (Å²) in [5.74, 6) is -0.549. The highest BCUT2D eigenvalue weighted by Crippen LogP contribution is 2.40. The van der Waals surface area contributed by atoms with Crippen LogP contribution < -0.4 is 16.0 Å². The predicted molar refractivity (Wildman–Crippen MR) is 159 cm³/mol. The lowest BCUT2D eigenvalue weighted by atomic mass is 9.95. The van der Waals surface area contributed by atoms with E-state index in [4.69, 9.17) is 0 Å². The summed E-state index contributed by atoms with van der Waals surface area (Å²) in [6.07, 6.45) is 3.95. The Balaban J connectivity index is 1.48. The van der Waals surface area contributed by atoms with Gasteiger partial charge in [0.05, 0.1) is 11.9 Å². The molecule has 0 spiro atoms. The van der Waals surface area contributed by atoms with Gasteiger partial charge in [-0.25, -0.2) is 4.79 Å². The third-order valence-corrected chi connectivity index (χ3v) is 9.36. The lowest BCUT2D eigenvalue weighted by molar-refractivity contribution is -0.147. The molecule has 8 nitrogen and oxygen atoms in total. The molecule has 0 bridgehead atoms. The zero-order chi connectivity index (χ0) is 28.7. The van der Waals surface area contributed by atoms with Crippen LogP contribution in [0.1, 0.15) is 62.6 Å². The number of amides is 4. The first-order chi connectivity index (χ1) is 19.2. The number of nitrogens with zero attached hydrogens (tertiary/aromatic N) is 1. The van der Waals surface area contributed by atoms with Crippen LogP contribution in [-0.4, -0.2) is 62.7 Å². The van der Waals surface area contributed by atoms with Crippen LogP contribution in [0.25, 0.3) is 0 Å². The molecule has 1 aliphatic heterocycles. The molecule has 9 heteroatoms. The summed E-state index contributed by atoms with van der Waals surface area (Å²) < 4.78 is -0.550. The van der Waals surface area contributed by atoms with E-state index in [1.54, 1.807) is 0 Å². The summed E-state index contributed by atoms with van der Waals surface area (Å²) in [6.45, 7) is 6.22. The van der Waals surface area contributed by atoms with Crippen molar-refractivity contribution >= 4 is 29.6 Å². The quantitative estimate of drug-likeness (QED) is 0.368. The fourth-order valence-electron chi connectivity index (χ4n) is 5.59. The maximum Gasteiger partial charge on any atom is 0.315 e. The molecule has 40 heavy (non-hydrogen) atoms. The van der Waals surface area contributed by atoms with Gasteiger partial charge in [-0.3, -0.25) is 9.59 Å². The zero-order valence-electron chi connectivity index (χ0n) is 23.7. The topological polar surface area (TPSA) is 111 Å². The molecule has 1 saturated heterocycles. The van der Waals surface area contributed by atoms with Gasteiger partial charge in [-0.1, -0.05) is 73.9 Å². The van der Waals surface area contributed by atoms with Crippen LogP contribution in [0.3, 0.4) is 0 Å². The van der Waals surface area contributed by atoms with Crippen molar-refractivity contribution in [2.24, 2.45) is 0 Å². The Labute approximate surface area is 241 Å². The van der Waals surface area contributed by atoms with Gasteiger partial charge in [0.2, 0.25) is 5.91 Å². The Morgan fingerprint density at radius 1 is 1.02 bits per heavy atom. The summed E-state index contributed by atoms with van der Waals surface area (Å²) in [6, 6.07) is 15.4. The maximum atomic E-state index is 13.8. The van der Waals surface area contributed by atoms with Crippen molar-refractivity contribution in [2.75, 3.05) is 5.88 Å². The lowest BCUT2D eigenvalue weighted by Gasteiger charge is -2.33. The van der Waals surface area contributed by atoms with Crippen LogP contribution in [0.4, 0.5) is 4.79 Å². The second-order valence-electron chi connectivity index (χ2n) is 11.4. The molecule has 0 unspecified atom stereocenters. The monoisotopic (exact) mass is 566 g/mol. The van der Waals surface area contributed by atoms with Gasteiger partial charge >= 0.3 is 6.03 Å². The number of benzene rings is 2. The number of nitrogens with one attached hydrogen (secondary N) is 3. The van der Waals surface area contributed by atoms with E-state index in [9.17, 15) is 19.5 Å². The summed E-state index contributed by atoms with van der Waals surface area (Å²) in [4.78, 5) is 41.7. The van der Waals surface area contributed by atoms with Gasteiger partial charge < -0.3 is 26.0 Å². The Hall–Kier alpha value is -3.04. The molecule has 0 radical (unpaired) electrons. The summed E-state index contributed by atoms with van der Waals surface area (Å²) in [5, 5.41) is 20.3. The maximum absolute atomic E-state index is 13.8. The number of aliphatic hydroxyl groups is 1. The van der Waals surface area contributed by atoms with Gasteiger partial charge in [0.15, 0.2) is 6.10 Å². The highest BCUT2D eigenvalue weighted by molar-refractivity contribution is 8.00. The molecule has 4 N–H and O–H groups in total. The van der Waals surface area contributed by atoms with Crippen molar-refractivity contribution in [3.8, 4) is 0 Å². The minimum Gasteiger partial charge on any atom is -0.381 e. The van der Waals surface area contributed by atoms with E-state index in [1.165, 1.54) is 23.1 Å². The molecule has 2 aromatic carbocycles. The van der Waals surface area contributed by atoms with Gasteiger partial charge in [0, 0.05) is 17.3 Å². The third kappa shape index (κ3) is 7.57. The van der Waals surface area contributed by atoms with Gasteiger partial charge in [0.1, 0.15) is 6.04 Å². The summed E-state index contributed by atoms with van der Waals surface area (Å²) in [7, 11) is 0. The van der Waals surface area contributed by atoms with E-state index in [0.29, 0.717) is 6.54 Å². The van der Waals surface area contributed by atoms with E-state index >= 15 is 0 Å². The van der Waals surface area contributed by atoms with Gasteiger partial charge in [-0.05, 0) is 56.7 Å². The highest BCUT2D eigenvalue weighted by atomic mass is 32.2. The molecule has 2 aliphatic rings. The minimum atomic E-state index is -1.52. The summed E-state index contributed by atoms with van der Waals surface area (Å²) in [5.41, 5.74) is 2.97. The molecule has 1 heterocycles. The Morgan fingerprint density at radius 3 is 2.40 bits per heavy atom. The SMILES string of the molecule is Cc1ccccc1CNC(=O)[C@H]1N(C(=O)[C@@H](O)[C@H](Cc2ccccc2)NC(=O)NC2CCCCC2)CSC1(C)C. The second kappa shape index (κ2) is 13.5. The number of carbonyl (C=O) groups excluding carboxylic acids is 3. The van der Waals surface area contributed by atoms with Crippen molar-refractivity contribution in [3.63, 3.8) is 0 Å². The zero-order valence-corrected chi connectivity index (χ0v) is 24.5. The van der Waals surface area contributed by atoms with Crippen LogP contribution in [0, 0.1) is 6.92 Å². The van der Waals surface area contributed by atoms with Gasteiger partial charge in [-0.2, -0.15) is 0 Å². The number of aliphatic hydroxyl groups excluding tert-OH is 1. The Morgan fingerprint density at radius 2 is 1.70 bits per heavy atom. The minimum absolute atomic E-state index is 0.0936. The fraction of sp³-hybridized carbons (Fsp3) is 0.516. The molecule has 4 amide bonds. The molecular formula is C31H42N4O4S. The summed E-state index contributed by atoms with van der Waals surface area (Å²) >= 11 is 1.50. The van der Waals surface area contributed by atoms with Gasteiger partial charge in [-0.15, -0.1) is 11.8 Å². The number of rotatable bonds is 9. The van der Waals surface area contributed by atoms with E-state index < -0.39 is 28.8 Å². The van der Waals surface area contributed by atoms with Gasteiger partial charge in [0.25, 0.3) is 5.91 Å². The van der Waals surface area contributed by atoms with E-state index in [-0.39, 0.29) is 30.3 Å². The fourth-order valence-corrected chi connectivity index (χ4v) is 6.73. The Kier molecular flexibility index (Phi) is 10.1. The molecule has 4 rings (SSSR count). The molecule has 1 aliphatic carbocycles. The van der Waals surface area contributed by atoms with Crippen molar-refractivity contribution < 1.29 is 19.5 Å². The van der Waals surface area contributed by atoms with Crippen molar-refractivity contribution in [3.05, 3.63) is 71.3 Å². The van der Waals surface area contributed by atoms with Crippen molar-refractivity contribution in [2.45, 2.75) is 94.8 Å². The first-order valence-electron chi connectivity index (χ1n) is 14.2. The molecule has 2 fully saturated rings. The molecule has 2 aromatic rings. The van der Waals surface area contributed by atoms with Crippen molar-refractivity contribution in [1.82, 2.24) is 20.9 Å². The van der Waals surface area contributed by atoms with E-state index in [1.807, 2.05) is 75.4 Å². The van der Waals surface area contributed by atoms with Crippen LogP contribution >= 0.6 is 11.8 Å². The smallest absolute Gasteiger partial charge is 0.315 e. The highest BCUT2D eigenvalue weighted by Gasteiger charge is 2.49. The predicted octanol–water partition coefficient (Wildman–Crippen LogP) is 3.90. The molecule has 1 saturated carbocycles.